The maximum Gasteiger partial charge on any atom is 0.410 e. The number of nitrogens with zero attached hydrogens (tertiary/aromatic N) is 3. The summed E-state index contributed by atoms with van der Waals surface area (Å²) in [6.45, 7) is 11.4. The smallest absolute Gasteiger partial charge is 0.410 e. The summed E-state index contributed by atoms with van der Waals surface area (Å²) in [5.41, 5.74) is 8.71. The minimum atomic E-state index is -0.473. The third-order valence-electron chi connectivity index (χ3n) is 6.05. The molecule has 41 heavy (non-hydrogen) atoms. The van der Waals surface area contributed by atoms with Gasteiger partial charge in [-0.05, 0) is 97.5 Å². The summed E-state index contributed by atoms with van der Waals surface area (Å²) in [5, 5.41) is 17.5. The predicted molar refractivity (Wildman–Crippen MR) is 162 cm³/mol. The van der Waals surface area contributed by atoms with E-state index in [1.165, 1.54) is 29.2 Å². The van der Waals surface area contributed by atoms with Crippen LogP contribution >= 0.6 is 11.6 Å². The molecular weight excluding hydrogens is 548 g/mol. The third-order valence-corrected chi connectivity index (χ3v) is 6.17. The van der Waals surface area contributed by atoms with Gasteiger partial charge in [0.1, 0.15) is 11.9 Å². The van der Waals surface area contributed by atoms with Gasteiger partial charge in [0, 0.05) is 36.8 Å². The molecule has 0 saturated carbocycles. The fraction of sp³-hybridized carbons (Fsp3) is 0.600. The first-order chi connectivity index (χ1) is 19.6. The number of aliphatic hydroxyl groups is 1. The van der Waals surface area contributed by atoms with Gasteiger partial charge >= 0.3 is 6.09 Å². The number of ether oxygens (including phenoxy) is 2. The van der Waals surface area contributed by atoms with Crippen LogP contribution in [0.3, 0.4) is 0 Å². The number of fused-ring (bicyclic) bond motifs is 3. The number of benzene rings is 1. The molecule has 0 spiro atoms. The molecule has 4 rings (SSSR count). The van der Waals surface area contributed by atoms with Crippen molar-refractivity contribution in [1.82, 2.24) is 9.47 Å². The second-order valence-corrected chi connectivity index (χ2v) is 10.6. The molecule has 1 aliphatic heterocycles. The SMILES string of the molecule is CC(C)(C)OC(=O)N1CCC[C@H]1Cn1c2c(c3cc(C#N)ccc31)CCC2.CC(C)OC=O.CN.CO.O=CCCl. The number of hydrogen-bond acceptors (Lipinski definition) is 8. The van der Waals surface area contributed by atoms with Crippen LogP contribution < -0.4 is 5.73 Å². The number of nitriles is 1. The molecular formula is C30H47ClN4O6. The fourth-order valence-electron chi connectivity index (χ4n) is 4.66. The number of aldehydes is 1. The van der Waals surface area contributed by atoms with E-state index in [2.05, 4.69) is 27.2 Å². The molecule has 230 valence electrons. The Morgan fingerprint density at radius 1 is 1.22 bits per heavy atom. The molecule has 1 aromatic heterocycles. The molecule has 0 unspecified atom stereocenters. The summed E-state index contributed by atoms with van der Waals surface area (Å²) in [6, 6.07) is 8.41. The molecule has 1 saturated heterocycles. The zero-order valence-corrected chi connectivity index (χ0v) is 26.2. The van der Waals surface area contributed by atoms with E-state index in [-0.39, 0.29) is 24.1 Å². The van der Waals surface area contributed by atoms with Crippen molar-refractivity contribution >= 4 is 41.4 Å². The van der Waals surface area contributed by atoms with Crippen molar-refractivity contribution in [2.75, 3.05) is 26.6 Å². The highest BCUT2D eigenvalue weighted by atomic mass is 35.5. The minimum Gasteiger partial charge on any atom is -0.465 e. The first-order valence-electron chi connectivity index (χ1n) is 13.7. The van der Waals surface area contributed by atoms with Gasteiger partial charge in [0.25, 0.3) is 6.47 Å². The molecule has 1 aromatic carbocycles. The number of nitrogens with two attached hydrogens (primary N) is 1. The largest absolute Gasteiger partial charge is 0.465 e. The van der Waals surface area contributed by atoms with Crippen LogP contribution in [0.15, 0.2) is 18.2 Å². The van der Waals surface area contributed by atoms with Crippen LogP contribution in [0, 0.1) is 11.3 Å². The number of aryl methyl sites for hydroxylation is 1. The number of amides is 1. The number of likely N-dealkylation sites (tertiary alicyclic amines) is 1. The van der Waals surface area contributed by atoms with Gasteiger partial charge in [0.15, 0.2) is 0 Å². The van der Waals surface area contributed by atoms with Crippen molar-refractivity contribution in [3.63, 3.8) is 0 Å². The zero-order valence-electron chi connectivity index (χ0n) is 25.5. The van der Waals surface area contributed by atoms with Gasteiger partial charge in [-0.1, -0.05) is 0 Å². The lowest BCUT2D eigenvalue weighted by Crippen LogP contribution is -2.41. The van der Waals surface area contributed by atoms with Crippen LogP contribution in [0.1, 0.15) is 70.7 Å². The zero-order chi connectivity index (χ0) is 31.6. The molecule has 1 fully saturated rings. The van der Waals surface area contributed by atoms with E-state index in [9.17, 15) is 14.9 Å². The van der Waals surface area contributed by atoms with Crippen LogP contribution in [-0.2, 0) is 38.4 Å². The Kier molecular flexibility index (Phi) is 18.3. The first-order valence-corrected chi connectivity index (χ1v) is 14.2. The lowest BCUT2D eigenvalue weighted by molar-refractivity contribution is -0.132. The van der Waals surface area contributed by atoms with Gasteiger partial charge in [-0.3, -0.25) is 4.79 Å². The molecule has 11 heteroatoms. The van der Waals surface area contributed by atoms with Crippen molar-refractivity contribution in [2.45, 2.75) is 91.0 Å². The molecule has 3 N–H and O–H groups in total. The maximum atomic E-state index is 12.6. The Bertz CT molecular complexity index is 1120. The summed E-state index contributed by atoms with van der Waals surface area (Å²) in [7, 11) is 2.50. The topological polar surface area (TPSA) is 148 Å². The summed E-state index contributed by atoms with van der Waals surface area (Å²) in [6.07, 6.45) is 5.80. The van der Waals surface area contributed by atoms with E-state index in [0.29, 0.717) is 18.3 Å². The summed E-state index contributed by atoms with van der Waals surface area (Å²) in [5.74, 6) is 0.111. The van der Waals surface area contributed by atoms with Crippen LogP contribution in [0.4, 0.5) is 4.79 Å². The Labute approximate surface area is 249 Å². The number of rotatable bonds is 5. The lowest BCUT2D eigenvalue weighted by Gasteiger charge is -2.29. The van der Waals surface area contributed by atoms with Crippen molar-refractivity contribution in [2.24, 2.45) is 5.73 Å². The van der Waals surface area contributed by atoms with Crippen LogP contribution in [0.5, 0.6) is 0 Å². The normalized spacial score (nSPS) is 14.9. The molecule has 1 amide bonds. The second kappa shape index (κ2) is 19.9. The molecule has 10 nitrogen and oxygen atoms in total. The van der Waals surface area contributed by atoms with Gasteiger partial charge < -0.3 is 34.6 Å². The number of carbonyl (C=O) groups is 3. The van der Waals surface area contributed by atoms with E-state index < -0.39 is 5.60 Å². The average molecular weight is 595 g/mol. The predicted octanol–water partition coefficient (Wildman–Crippen LogP) is 4.58. The number of aliphatic hydroxyl groups excluding tert-OH is 1. The van der Waals surface area contributed by atoms with Crippen molar-refractivity contribution in [1.29, 1.82) is 5.26 Å². The quantitative estimate of drug-likeness (QED) is 0.377. The molecule has 0 radical (unpaired) electrons. The molecule has 2 aromatic rings. The lowest BCUT2D eigenvalue weighted by atomic mass is 10.1. The van der Waals surface area contributed by atoms with Crippen LogP contribution in [0.2, 0.25) is 0 Å². The van der Waals surface area contributed by atoms with E-state index in [1.807, 2.05) is 37.8 Å². The molecule has 1 atom stereocenters. The third kappa shape index (κ3) is 12.1. The molecule has 1 aliphatic carbocycles. The highest BCUT2D eigenvalue weighted by Crippen LogP contribution is 2.35. The average Bonchev–Trinajstić information content (AvgIpc) is 3.68. The van der Waals surface area contributed by atoms with Crippen molar-refractivity contribution in [3.8, 4) is 6.07 Å². The van der Waals surface area contributed by atoms with Gasteiger partial charge in [-0.15, -0.1) is 11.6 Å². The molecule has 2 heterocycles. The van der Waals surface area contributed by atoms with E-state index in [1.54, 1.807) is 13.8 Å². The van der Waals surface area contributed by atoms with Gasteiger partial charge in [0.05, 0.1) is 29.7 Å². The monoisotopic (exact) mass is 594 g/mol. The summed E-state index contributed by atoms with van der Waals surface area (Å²) < 4.78 is 12.4. The summed E-state index contributed by atoms with van der Waals surface area (Å²) in [4.78, 5) is 33.0. The number of carbonyl (C=O) groups excluding carboxylic acids is 3. The van der Waals surface area contributed by atoms with Crippen molar-refractivity contribution in [3.05, 3.63) is 35.0 Å². The fourth-order valence-corrected chi connectivity index (χ4v) is 4.66. The number of hydrogen-bond donors (Lipinski definition) is 2. The van der Waals surface area contributed by atoms with E-state index in [0.717, 1.165) is 52.3 Å². The first kappa shape index (κ1) is 37.9. The highest BCUT2D eigenvalue weighted by Gasteiger charge is 2.33. The standard InChI is InChI=1S/C22H27N3O2.C4H8O2.C2H3ClO.CH5N.CH4O/c1-22(2,3)27-21(26)24-11-5-6-16(24)14-25-19-8-4-7-17(19)18-12-15(13-23)9-10-20(18)25;1-4(2)6-3-5;3-1-2-4;2*1-2/h9-10,12,16H,4-8,11,14H2,1-3H3;3-4H,1-2H3;2H,1H2;2H2,1H3;2H,1H3/t16-;;;;/m0..../s1. The number of halogens is 1. The number of aromatic nitrogens is 1. The Balaban J connectivity index is 0.000000967. The maximum absolute atomic E-state index is 12.6. The van der Waals surface area contributed by atoms with Crippen LogP contribution in [-0.4, -0.2) is 77.8 Å². The van der Waals surface area contributed by atoms with E-state index in [4.69, 9.17) is 26.2 Å². The summed E-state index contributed by atoms with van der Waals surface area (Å²) >= 11 is 4.82. The van der Waals surface area contributed by atoms with Crippen molar-refractivity contribution < 1.29 is 29.0 Å². The van der Waals surface area contributed by atoms with Gasteiger partial charge in [-0.25, -0.2) is 4.79 Å². The Morgan fingerprint density at radius 3 is 2.34 bits per heavy atom. The van der Waals surface area contributed by atoms with E-state index >= 15 is 0 Å². The van der Waals surface area contributed by atoms with Gasteiger partial charge in [0.2, 0.25) is 0 Å². The van der Waals surface area contributed by atoms with Crippen LogP contribution in [0.25, 0.3) is 10.9 Å². The number of alkyl halides is 1. The molecule has 2 aliphatic rings. The minimum absolute atomic E-state index is 0.0301. The highest BCUT2D eigenvalue weighted by molar-refractivity contribution is 6.24. The van der Waals surface area contributed by atoms with Gasteiger partial charge in [-0.2, -0.15) is 5.26 Å². The Hall–Kier alpha value is -3.13. The second-order valence-electron chi connectivity index (χ2n) is 10.3. The Morgan fingerprint density at radius 2 is 1.85 bits per heavy atom. The molecule has 0 bridgehead atoms.